The fourth-order valence-electron chi connectivity index (χ4n) is 3.17. The fourth-order valence-corrected chi connectivity index (χ4v) is 3.17. The van der Waals surface area contributed by atoms with Crippen LogP contribution >= 0.6 is 0 Å². The van der Waals surface area contributed by atoms with Crippen molar-refractivity contribution < 1.29 is 4.39 Å². The Morgan fingerprint density at radius 2 is 1.86 bits per heavy atom. The van der Waals surface area contributed by atoms with Gasteiger partial charge in [-0.3, -0.25) is 0 Å². The number of hydrogen-bond donors (Lipinski definition) is 1. The highest BCUT2D eigenvalue weighted by Gasteiger charge is 2.27. The van der Waals surface area contributed by atoms with Crippen molar-refractivity contribution in [2.24, 2.45) is 11.8 Å². The molecule has 1 N–H and O–H groups in total. The van der Waals surface area contributed by atoms with E-state index in [-0.39, 0.29) is 5.82 Å². The number of anilines is 1. The summed E-state index contributed by atoms with van der Waals surface area (Å²) in [6.45, 7) is 9.14. The minimum atomic E-state index is -0.303. The normalized spacial score (nSPS) is 22.6. The van der Waals surface area contributed by atoms with E-state index in [9.17, 15) is 4.39 Å². The molecule has 1 aliphatic carbocycles. The second kappa shape index (κ2) is 7.19. The second-order valence-electron chi connectivity index (χ2n) is 6.61. The Kier molecular flexibility index (Phi) is 5.54. The fraction of sp³-hybridized carbons (Fsp3) is 0.765. The van der Waals surface area contributed by atoms with Gasteiger partial charge < -0.3 is 5.32 Å². The standard InChI is InChI=1S/C17H28FN3/c1-5-10-19-17-15(18)12(4)20-16(21-17)14-8-6-13(7-9-14)11(2)3/h11,13-14H,5-10H2,1-4H3,(H,19,20,21). The Labute approximate surface area is 127 Å². The molecule has 0 aromatic carbocycles. The van der Waals surface area contributed by atoms with Crippen molar-refractivity contribution in [2.75, 3.05) is 11.9 Å². The molecular weight excluding hydrogens is 265 g/mol. The molecule has 0 bridgehead atoms. The van der Waals surface area contributed by atoms with Crippen LogP contribution in [0.1, 0.15) is 70.3 Å². The van der Waals surface area contributed by atoms with Gasteiger partial charge in [0.15, 0.2) is 11.6 Å². The highest BCUT2D eigenvalue weighted by Crippen LogP contribution is 2.37. The number of aryl methyl sites for hydroxylation is 1. The molecule has 0 spiro atoms. The molecule has 1 aliphatic rings. The van der Waals surface area contributed by atoms with Crippen molar-refractivity contribution in [3.05, 3.63) is 17.3 Å². The van der Waals surface area contributed by atoms with Gasteiger partial charge in [0, 0.05) is 12.5 Å². The first-order chi connectivity index (χ1) is 10.0. The topological polar surface area (TPSA) is 37.8 Å². The minimum Gasteiger partial charge on any atom is -0.368 e. The van der Waals surface area contributed by atoms with Gasteiger partial charge in [0.1, 0.15) is 5.82 Å². The summed E-state index contributed by atoms with van der Waals surface area (Å²) in [4.78, 5) is 8.88. The summed E-state index contributed by atoms with van der Waals surface area (Å²) in [5.41, 5.74) is 0.463. The third kappa shape index (κ3) is 3.92. The lowest BCUT2D eigenvalue weighted by Gasteiger charge is -2.30. The van der Waals surface area contributed by atoms with E-state index < -0.39 is 0 Å². The summed E-state index contributed by atoms with van der Waals surface area (Å²) in [5, 5.41) is 3.08. The molecule has 1 aromatic heterocycles. The Morgan fingerprint density at radius 3 is 2.43 bits per heavy atom. The van der Waals surface area contributed by atoms with Crippen LogP contribution in [0.15, 0.2) is 0 Å². The Morgan fingerprint density at radius 1 is 1.19 bits per heavy atom. The molecule has 0 atom stereocenters. The number of nitrogens with one attached hydrogen (secondary N) is 1. The maximum Gasteiger partial charge on any atom is 0.186 e. The quantitative estimate of drug-likeness (QED) is 0.857. The van der Waals surface area contributed by atoms with Crippen LogP contribution in [0, 0.1) is 24.6 Å². The van der Waals surface area contributed by atoms with E-state index in [0.29, 0.717) is 17.4 Å². The summed E-state index contributed by atoms with van der Waals surface area (Å²) in [5.74, 6) is 2.87. The zero-order valence-electron chi connectivity index (χ0n) is 13.7. The Hall–Kier alpha value is -1.19. The molecule has 0 aliphatic heterocycles. The van der Waals surface area contributed by atoms with E-state index in [2.05, 4.69) is 36.1 Å². The third-order valence-corrected chi connectivity index (χ3v) is 4.66. The van der Waals surface area contributed by atoms with Gasteiger partial charge in [-0.25, -0.2) is 14.4 Å². The largest absolute Gasteiger partial charge is 0.368 e. The van der Waals surface area contributed by atoms with Gasteiger partial charge in [-0.15, -0.1) is 0 Å². The molecule has 0 radical (unpaired) electrons. The second-order valence-corrected chi connectivity index (χ2v) is 6.61. The van der Waals surface area contributed by atoms with Gasteiger partial charge >= 0.3 is 0 Å². The van der Waals surface area contributed by atoms with Crippen molar-refractivity contribution in [3.63, 3.8) is 0 Å². The predicted molar refractivity (Wildman–Crippen MR) is 85.0 cm³/mol. The maximum absolute atomic E-state index is 14.1. The molecule has 0 amide bonds. The summed E-state index contributed by atoms with van der Waals surface area (Å²) in [6.07, 6.45) is 5.68. The van der Waals surface area contributed by atoms with Crippen molar-refractivity contribution in [3.8, 4) is 0 Å². The minimum absolute atomic E-state index is 0.303. The van der Waals surface area contributed by atoms with Crippen molar-refractivity contribution in [1.82, 2.24) is 9.97 Å². The summed E-state index contributed by atoms with van der Waals surface area (Å²) < 4.78 is 14.1. The van der Waals surface area contributed by atoms with Crippen LogP contribution in [0.3, 0.4) is 0 Å². The zero-order chi connectivity index (χ0) is 15.4. The van der Waals surface area contributed by atoms with Gasteiger partial charge in [-0.1, -0.05) is 20.8 Å². The smallest absolute Gasteiger partial charge is 0.186 e. The number of aromatic nitrogens is 2. The average Bonchev–Trinajstić information content (AvgIpc) is 2.48. The van der Waals surface area contributed by atoms with Crippen LogP contribution in [-0.2, 0) is 0 Å². The predicted octanol–water partition coefficient (Wildman–Crippen LogP) is 4.68. The Bertz CT molecular complexity index is 465. The first-order valence-corrected chi connectivity index (χ1v) is 8.30. The molecule has 1 fully saturated rings. The van der Waals surface area contributed by atoms with E-state index in [1.165, 1.54) is 12.8 Å². The van der Waals surface area contributed by atoms with Crippen LogP contribution in [0.5, 0.6) is 0 Å². The number of hydrogen-bond acceptors (Lipinski definition) is 3. The average molecular weight is 293 g/mol. The van der Waals surface area contributed by atoms with Crippen LogP contribution < -0.4 is 5.32 Å². The van der Waals surface area contributed by atoms with Crippen LogP contribution in [0.2, 0.25) is 0 Å². The van der Waals surface area contributed by atoms with Crippen molar-refractivity contribution in [1.29, 1.82) is 0 Å². The number of rotatable bonds is 5. The Balaban J connectivity index is 2.11. The highest BCUT2D eigenvalue weighted by molar-refractivity contribution is 5.38. The molecule has 2 rings (SSSR count). The van der Waals surface area contributed by atoms with Crippen LogP contribution in [0.25, 0.3) is 0 Å². The van der Waals surface area contributed by atoms with E-state index in [4.69, 9.17) is 0 Å². The molecule has 118 valence electrons. The zero-order valence-corrected chi connectivity index (χ0v) is 13.7. The summed E-state index contributed by atoms with van der Waals surface area (Å²) in [6, 6.07) is 0. The van der Waals surface area contributed by atoms with Gasteiger partial charge in [0.05, 0.1) is 5.69 Å². The van der Waals surface area contributed by atoms with Crippen LogP contribution in [-0.4, -0.2) is 16.5 Å². The van der Waals surface area contributed by atoms with Gasteiger partial charge in [-0.05, 0) is 50.9 Å². The lowest BCUT2D eigenvalue weighted by Crippen LogP contribution is -2.20. The first kappa shape index (κ1) is 16.2. The van der Waals surface area contributed by atoms with Crippen molar-refractivity contribution in [2.45, 2.75) is 65.7 Å². The van der Waals surface area contributed by atoms with Gasteiger partial charge in [0.2, 0.25) is 0 Å². The van der Waals surface area contributed by atoms with E-state index in [1.807, 2.05) is 0 Å². The van der Waals surface area contributed by atoms with E-state index >= 15 is 0 Å². The molecule has 0 unspecified atom stereocenters. The molecule has 0 saturated heterocycles. The highest BCUT2D eigenvalue weighted by atomic mass is 19.1. The molecule has 1 aromatic rings. The van der Waals surface area contributed by atoms with Gasteiger partial charge in [0.25, 0.3) is 0 Å². The molecule has 4 heteroatoms. The molecule has 1 heterocycles. The number of halogens is 1. The maximum atomic E-state index is 14.1. The van der Waals surface area contributed by atoms with E-state index in [1.54, 1.807) is 6.92 Å². The first-order valence-electron chi connectivity index (χ1n) is 8.30. The number of nitrogens with zero attached hydrogens (tertiary/aromatic N) is 2. The van der Waals surface area contributed by atoms with Gasteiger partial charge in [-0.2, -0.15) is 0 Å². The molecule has 21 heavy (non-hydrogen) atoms. The summed E-state index contributed by atoms with van der Waals surface area (Å²) in [7, 11) is 0. The lowest BCUT2D eigenvalue weighted by molar-refractivity contribution is 0.254. The summed E-state index contributed by atoms with van der Waals surface area (Å²) >= 11 is 0. The molecule has 3 nitrogen and oxygen atoms in total. The SMILES string of the molecule is CCCNc1nc(C2CCC(C(C)C)CC2)nc(C)c1F. The molecule has 1 saturated carbocycles. The molecular formula is C17H28FN3. The van der Waals surface area contributed by atoms with Crippen LogP contribution in [0.4, 0.5) is 10.2 Å². The van der Waals surface area contributed by atoms with E-state index in [0.717, 1.165) is 43.5 Å². The third-order valence-electron chi connectivity index (χ3n) is 4.66. The lowest BCUT2D eigenvalue weighted by atomic mass is 9.76. The monoisotopic (exact) mass is 293 g/mol. The van der Waals surface area contributed by atoms with Crippen molar-refractivity contribution >= 4 is 5.82 Å².